The van der Waals surface area contributed by atoms with Crippen molar-refractivity contribution in [2.75, 3.05) is 12.3 Å². The van der Waals surface area contributed by atoms with E-state index in [0.29, 0.717) is 25.7 Å². The van der Waals surface area contributed by atoms with E-state index in [0.717, 1.165) is 0 Å². The molecule has 114 valence electrons. The van der Waals surface area contributed by atoms with Gasteiger partial charge in [-0.25, -0.2) is 8.42 Å². The molecule has 0 aromatic rings. The molecule has 1 aliphatic carbocycles. The summed E-state index contributed by atoms with van der Waals surface area (Å²) in [5, 5.41) is 11.3. The molecule has 2 aliphatic rings. The van der Waals surface area contributed by atoms with Crippen LogP contribution in [0.15, 0.2) is 0 Å². The van der Waals surface area contributed by atoms with E-state index in [4.69, 9.17) is 5.11 Å². The van der Waals surface area contributed by atoms with E-state index in [9.17, 15) is 18.0 Å². The summed E-state index contributed by atoms with van der Waals surface area (Å²) in [4.78, 5) is 23.3. The zero-order valence-electron chi connectivity index (χ0n) is 11.5. The van der Waals surface area contributed by atoms with E-state index in [1.54, 1.807) is 0 Å². The standard InChI is InChI=1S/C13H21NO5S/c1-8-5-10(11(6-8)13(16)17)12(15)14-7-9-3-2-4-20(9,18)19/h8-11H,2-7H2,1H3,(H,14,15)(H,16,17)/t8?,9?,10-,11+/m0/s1. The van der Waals surface area contributed by atoms with Gasteiger partial charge in [0, 0.05) is 6.54 Å². The van der Waals surface area contributed by atoms with Gasteiger partial charge in [-0.3, -0.25) is 9.59 Å². The maximum Gasteiger partial charge on any atom is 0.307 e. The van der Waals surface area contributed by atoms with Crippen LogP contribution in [0.1, 0.15) is 32.6 Å². The van der Waals surface area contributed by atoms with Crippen LogP contribution in [-0.2, 0) is 19.4 Å². The number of hydrogen-bond donors (Lipinski definition) is 2. The molecule has 0 bridgehead atoms. The molecule has 2 unspecified atom stereocenters. The van der Waals surface area contributed by atoms with Crippen LogP contribution < -0.4 is 5.32 Å². The Labute approximate surface area is 118 Å². The van der Waals surface area contributed by atoms with Crippen molar-refractivity contribution in [3.05, 3.63) is 0 Å². The molecule has 20 heavy (non-hydrogen) atoms. The highest BCUT2D eigenvalue weighted by atomic mass is 32.2. The fourth-order valence-electron chi connectivity index (χ4n) is 3.29. The summed E-state index contributed by atoms with van der Waals surface area (Å²) in [6.07, 6.45) is 2.28. The zero-order chi connectivity index (χ0) is 14.9. The van der Waals surface area contributed by atoms with Crippen LogP contribution in [-0.4, -0.2) is 42.9 Å². The fraction of sp³-hybridized carbons (Fsp3) is 0.846. The molecule has 2 fully saturated rings. The number of carbonyl (C=O) groups is 2. The van der Waals surface area contributed by atoms with Crippen molar-refractivity contribution in [2.45, 2.75) is 37.9 Å². The Hall–Kier alpha value is -1.11. The summed E-state index contributed by atoms with van der Waals surface area (Å²) in [6, 6.07) is 0. The average molecular weight is 303 g/mol. The van der Waals surface area contributed by atoms with Crippen LogP contribution in [0.3, 0.4) is 0 Å². The number of aliphatic carboxylic acids is 1. The molecule has 2 N–H and O–H groups in total. The van der Waals surface area contributed by atoms with Gasteiger partial charge < -0.3 is 10.4 Å². The van der Waals surface area contributed by atoms with Gasteiger partial charge in [0.05, 0.1) is 22.8 Å². The number of hydrogen-bond acceptors (Lipinski definition) is 4. The molecule has 0 radical (unpaired) electrons. The summed E-state index contributed by atoms with van der Waals surface area (Å²) in [7, 11) is -3.08. The fourth-order valence-corrected chi connectivity index (χ4v) is 5.05. The topological polar surface area (TPSA) is 101 Å². The van der Waals surface area contributed by atoms with Gasteiger partial charge in [-0.1, -0.05) is 6.92 Å². The molecule has 2 rings (SSSR count). The minimum absolute atomic E-state index is 0.110. The molecule has 1 saturated carbocycles. The predicted octanol–water partition coefficient (Wildman–Crippen LogP) is 0.427. The van der Waals surface area contributed by atoms with E-state index < -0.39 is 32.9 Å². The van der Waals surface area contributed by atoms with E-state index in [1.807, 2.05) is 6.92 Å². The number of carboxylic acids is 1. The first-order valence-electron chi connectivity index (χ1n) is 7.03. The van der Waals surface area contributed by atoms with Crippen molar-refractivity contribution in [3.63, 3.8) is 0 Å². The second kappa shape index (κ2) is 5.71. The summed E-state index contributed by atoms with van der Waals surface area (Å²) >= 11 is 0. The molecule has 1 saturated heterocycles. The number of carboxylic acid groups (broad SMARTS) is 1. The molecule has 1 aliphatic heterocycles. The van der Waals surface area contributed by atoms with Gasteiger partial charge in [-0.05, 0) is 31.6 Å². The van der Waals surface area contributed by atoms with Gasteiger partial charge >= 0.3 is 5.97 Å². The Morgan fingerprint density at radius 3 is 2.45 bits per heavy atom. The molecule has 4 atom stereocenters. The third kappa shape index (κ3) is 3.13. The third-order valence-electron chi connectivity index (χ3n) is 4.42. The van der Waals surface area contributed by atoms with Crippen molar-refractivity contribution in [2.24, 2.45) is 17.8 Å². The molecular weight excluding hydrogens is 282 g/mol. The summed E-state index contributed by atoms with van der Waals surface area (Å²) in [6.45, 7) is 2.04. The van der Waals surface area contributed by atoms with Gasteiger partial charge in [0.2, 0.25) is 5.91 Å². The third-order valence-corrected chi connectivity index (χ3v) is 6.69. The van der Waals surface area contributed by atoms with Gasteiger partial charge in [-0.15, -0.1) is 0 Å². The number of nitrogens with one attached hydrogen (secondary N) is 1. The lowest BCUT2D eigenvalue weighted by molar-refractivity contribution is -0.146. The Morgan fingerprint density at radius 1 is 1.25 bits per heavy atom. The smallest absolute Gasteiger partial charge is 0.307 e. The zero-order valence-corrected chi connectivity index (χ0v) is 12.4. The van der Waals surface area contributed by atoms with Gasteiger partial charge in [-0.2, -0.15) is 0 Å². The highest BCUT2D eigenvalue weighted by Crippen LogP contribution is 2.36. The van der Waals surface area contributed by atoms with Crippen LogP contribution in [0.25, 0.3) is 0 Å². The highest BCUT2D eigenvalue weighted by Gasteiger charge is 2.41. The SMILES string of the molecule is CC1C[C@H](C(=O)NCC2CCCS2(=O)=O)[C@H](C(=O)O)C1. The maximum atomic E-state index is 12.1. The normalized spacial score (nSPS) is 35.9. The van der Waals surface area contributed by atoms with Gasteiger partial charge in [0.25, 0.3) is 0 Å². The van der Waals surface area contributed by atoms with E-state index in [-0.39, 0.29) is 24.1 Å². The van der Waals surface area contributed by atoms with Gasteiger partial charge in [0.1, 0.15) is 0 Å². The number of carbonyl (C=O) groups excluding carboxylic acids is 1. The lowest BCUT2D eigenvalue weighted by atomic mass is 9.95. The largest absolute Gasteiger partial charge is 0.481 e. The van der Waals surface area contributed by atoms with Crippen LogP contribution in [0, 0.1) is 17.8 Å². The summed E-state index contributed by atoms with van der Waals surface area (Å²) in [5.41, 5.74) is 0. The van der Waals surface area contributed by atoms with Crippen LogP contribution in [0.4, 0.5) is 0 Å². The Balaban J connectivity index is 1.93. The highest BCUT2D eigenvalue weighted by molar-refractivity contribution is 7.92. The quantitative estimate of drug-likeness (QED) is 0.784. The average Bonchev–Trinajstić information content (AvgIpc) is 2.89. The van der Waals surface area contributed by atoms with Crippen LogP contribution in [0.2, 0.25) is 0 Å². The first-order chi connectivity index (χ1) is 9.31. The predicted molar refractivity (Wildman–Crippen MR) is 72.8 cm³/mol. The molecule has 0 aromatic heterocycles. The molecule has 1 heterocycles. The first kappa shape index (κ1) is 15.3. The summed E-state index contributed by atoms with van der Waals surface area (Å²) in [5.74, 6) is -2.04. The van der Waals surface area contributed by atoms with Crippen LogP contribution in [0.5, 0.6) is 0 Å². The minimum atomic E-state index is -3.08. The van der Waals surface area contributed by atoms with Gasteiger partial charge in [0.15, 0.2) is 9.84 Å². The lowest BCUT2D eigenvalue weighted by Crippen LogP contribution is -2.40. The number of rotatable bonds is 4. The van der Waals surface area contributed by atoms with Crippen molar-refractivity contribution in [3.8, 4) is 0 Å². The van der Waals surface area contributed by atoms with Crippen molar-refractivity contribution in [1.29, 1.82) is 0 Å². The second-order valence-electron chi connectivity index (χ2n) is 6.00. The molecular formula is C13H21NO5S. The maximum absolute atomic E-state index is 12.1. The Morgan fingerprint density at radius 2 is 1.90 bits per heavy atom. The first-order valence-corrected chi connectivity index (χ1v) is 8.75. The molecule has 0 spiro atoms. The monoisotopic (exact) mass is 303 g/mol. The molecule has 1 amide bonds. The summed E-state index contributed by atoms with van der Waals surface area (Å²) < 4.78 is 23.3. The second-order valence-corrected chi connectivity index (χ2v) is 8.40. The Kier molecular flexibility index (Phi) is 4.36. The van der Waals surface area contributed by atoms with Crippen molar-refractivity contribution < 1.29 is 23.1 Å². The van der Waals surface area contributed by atoms with Crippen molar-refractivity contribution >= 4 is 21.7 Å². The number of sulfone groups is 1. The number of amides is 1. The van der Waals surface area contributed by atoms with E-state index in [1.165, 1.54) is 0 Å². The van der Waals surface area contributed by atoms with E-state index in [2.05, 4.69) is 5.32 Å². The molecule has 0 aromatic carbocycles. The molecule has 6 nitrogen and oxygen atoms in total. The van der Waals surface area contributed by atoms with Crippen LogP contribution >= 0.6 is 0 Å². The minimum Gasteiger partial charge on any atom is -0.481 e. The molecule has 7 heteroatoms. The van der Waals surface area contributed by atoms with E-state index >= 15 is 0 Å². The Bertz CT molecular complexity index is 501. The van der Waals surface area contributed by atoms with Crippen molar-refractivity contribution in [1.82, 2.24) is 5.32 Å². The lowest BCUT2D eigenvalue weighted by Gasteiger charge is -2.17.